The molecular formula is C19H26N4O. The number of nitrogens with zero attached hydrogens (tertiary/aromatic N) is 3. The normalized spacial score (nSPS) is 26.0. The first-order chi connectivity index (χ1) is 11.7. The van der Waals surface area contributed by atoms with E-state index in [0.717, 1.165) is 37.8 Å². The standard InChI is InChI=1S/C19H26N4O/c20-13-19(10-3-4-11-19)18(24)21-16-9-5-6-14-12-23(22-17(14)16)15-7-1-2-8-15/h12,15-16H,1-11H2,(H,21,24)/t16-/m0/s1. The van der Waals surface area contributed by atoms with Crippen LogP contribution in [0, 0.1) is 16.7 Å². The van der Waals surface area contributed by atoms with Gasteiger partial charge in [0.05, 0.1) is 23.8 Å². The van der Waals surface area contributed by atoms with E-state index in [2.05, 4.69) is 22.3 Å². The van der Waals surface area contributed by atoms with Crippen molar-refractivity contribution < 1.29 is 4.79 Å². The number of aromatic nitrogens is 2. The largest absolute Gasteiger partial charge is 0.346 e. The maximum Gasteiger partial charge on any atom is 0.241 e. The van der Waals surface area contributed by atoms with Crippen LogP contribution < -0.4 is 5.32 Å². The second-order valence-corrected chi connectivity index (χ2v) is 7.78. The molecule has 1 atom stereocenters. The zero-order valence-electron chi connectivity index (χ0n) is 14.3. The van der Waals surface area contributed by atoms with Gasteiger partial charge < -0.3 is 5.32 Å². The molecule has 4 rings (SSSR count). The summed E-state index contributed by atoms with van der Waals surface area (Å²) in [5, 5.41) is 17.6. The monoisotopic (exact) mass is 326 g/mol. The Kier molecular flexibility index (Phi) is 4.07. The molecule has 2 saturated carbocycles. The molecule has 3 aliphatic carbocycles. The van der Waals surface area contributed by atoms with Gasteiger partial charge in [0.2, 0.25) is 5.91 Å². The summed E-state index contributed by atoms with van der Waals surface area (Å²) in [6.45, 7) is 0. The summed E-state index contributed by atoms with van der Waals surface area (Å²) >= 11 is 0. The lowest BCUT2D eigenvalue weighted by Crippen LogP contribution is -2.41. The van der Waals surface area contributed by atoms with E-state index in [4.69, 9.17) is 5.10 Å². The van der Waals surface area contributed by atoms with Crippen molar-refractivity contribution in [3.8, 4) is 6.07 Å². The Morgan fingerprint density at radius 3 is 2.67 bits per heavy atom. The van der Waals surface area contributed by atoms with Crippen LogP contribution in [-0.4, -0.2) is 15.7 Å². The van der Waals surface area contributed by atoms with Crippen molar-refractivity contribution >= 4 is 5.91 Å². The number of carbonyl (C=O) groups excluding carboxylic acids is 1. The maximum atomic E-state index is 12.8. The second-order valence-electron chi connectivity index (χ2n) is 7.78. The molecule has 0 aromatic carbocycles. The molecule has 3 aliphatic rings. The first-order valence-electron chi connectivity index (χ1n) is 9.52. The highest BCUT2D eigenvalue weighted by Gasteiger charge is 2.43. The number of nitriles is 1. The fourth-order valence-electron chi connectivity index (χ4n) is 4.72. The average Bonchev–Trinajstić information content (AvgIpc) is 3.33. The van der Waals surface area contributed by atoms with E-state index in [9.17, 15) is 10.1 Å². The van der Waals surface area contributed by atoms with E-state index in [1.165, 1.54) is 31.2 Å². The van der Waals surface area contributed by atoms with Crippen LogP contribution >= 0.6 is 0 Å². The summed E-state index contributed by atoms with van der Waals surface area (Å²) in [6, 6.07) is 2.82. The third-order valence-corrected chi connectivity index (χ3v) is 6.22. The summed E-state index contributed by atoms with van der Waals surface area (Å²) in [4.78, 5) is 12.8. The summed E-state index contributed by atoms with van der Waals surface area (Å²) in [5.74, 6) is -0.0734. The van der Waals surface area contributed by atoms with Crippen LogP contribution in [0.2, 0.25) is 0 Å². The molecule has 0 aliphatic heterocycles. The quantitative estimate of drug-likeness (QED) is 0.923. The van der Waals surface area contributed by atoms with Crippen molar-refractivity contribution in [3.05, 3.63) is 17.5 Å². The van der Waals surface area contributed by atoms with Gasteiger partial charge >= 0.3 is 0 Å². The van der Waals surface area contributed by atoms with Crippen LogP contribution in [0.5, 0.6) is 0 Å². The van der Waals surface area contributed by atoms with Crippen LogP contribution in [0.15, 0.2) is 6.20 Å². The molecule has 2 fully saturated rings. The highest BCUT2D eigenvalue weighted by molar-refractivity contribution is 5.86. The van der Waals surface area contributed by atoms with Gasteiger partial charge in [0, 0.05) is 6.20 Å². The number of nitrogens with one attached hydrogen (secondary N) is 1. The minimum absolute atomic E-state index is 0.0188. The van der Waals surface area contributed by atoms with Crippen molar-refractivity contribution in [2.24, 2.45) is 5.41 Å². The van der Waals surface area contributed by atoms with Crippen LogP contribution in [0.25, 0.3) is 0 Å². The minimum atomic E-state index is -0.800. The van der Waals surface area contributed by atoms with E-state index in [0.29, 0.717) is 18.9 Å². The molecule has 1 aromatic rings. The van der Waals surface area contributed by atoms with E-state index in [1.807, 2.05) is 0 Å². The Labute approximate surface area is 143 Å². The molecule has 1 amide bonds. The van der Waals surface area contributed by atoms with Gasteiger partial charge in [-0.2, -0.15) is 10.4 Å². The number of carbonyl (C=O) groups is 1. The zero-order chi connectivity index (χ0) is 16.6. The molecule has 0 spiro atoms. The van der Waals surface area contributed by atoms with Crippen molar-refractivity contribution in [1.82, 2.24) is 15.1 Å². The van der Waals surface area contributed by atoms with Gasteiger partial charge in [-0.25, -0.2) is 0 Å². The maximum absolute atomic E-state index is 12.8. The van der Waals surface area contributed by atoms with Crippen molar-refractivity contribution in [1.29, 1.82) is 5.26 Å². The lowest BCUT2D eigenvalue weighted by Gasteiger charge is -2.26. The lowest BCUT2D eigenvalue weighted by molar-refractivity contribution is -0.128. The Morgan fingerprint density at radius 2 is 1.96 bits per heavy atom. The molecule has 5 nitrogen and oxygen atoms in total. The van der Waals surface area contributed by atoms with E-state index in [-0.39, 0.29) is 11.9 Å². The molecule has 0 unspecified atom stereocenters. The molecule has 1 aromatic heterocycles. The van der Waals surface area contributed by atoms with Crippen LogP contribution in [0.4, 0.5) is 0 Å². The Bertz CT molecular complexity index is 659. The average molecular weight is 326 g/mol. The molecule has 1 N–H and O–H groups in total. The summed E-state index contributed by atoms with van der Waals surface area (Å²) in [7, 11) is 0. The number of amides is 1. The molecule has 0 bridgehead atoms. The fraction of sp³-hybridized carbons (Fsp3) is 0.737. The van der Waals surface area contributed by atoms with Gasteiger partial charge in [-0.1, -0.05) is 25.7 Å². The number of hydrogen-bond acceptors (Lipinski definition) is 3. The summed E-state index contributed by atoms with van der Waals surface area (Å²) < 4.78 is 2.15. The van der Waals surface area contributed by atoms with Crippen molar-refractivity contribution in [2.45, 2.75) is 82.7 Å². The Balaban J connectivity index is 1.53. The SMILES string of the molecule is N#CC1(C(=O)N[C@H]2CCCc3cn(C4CCCC4)nc32)CCCC1. The second kappa shape index (κ2) is 6.23. The third kappa shape index (κ3) is 2.62. The first kappa shape index (κ1) is 15.7. The predicted octanol–water partition coefficient (Wildman–Crippen LogP) is 3.58. The molecule has 0 radical (unpaired) electrons. The Morgan fingerprint density at radius 1 is 1.21 bits per heavy atom. The zero-order valence-corrected chi connectivity index (χ0v) is 14.3. The van der Waals surface area contributed by atoms with Crippen LogP contribution in [-0.2, 0) is 11.2 Å². The van der Waals surface area contributed by atoms with E-state index >= 15 is 0 Å². The van der Waals surface area contributed by atoms with Gasteiger partial charge in [0.25, 0.3) is 0 Å². The molecule has 1 heterocycles. The molecular weight excluding hydrogens is 300 g/mol. The number of aryl methyl sites for hydroxylation is 1. The smallest absolute Gasteiger partial charge is 0.241 e. The molecule has 0 saturated heterocycles. The van der Waals surface area contributed by atoms with E-state index in [1.54, 1.807) is 0 Å². The van der Waals surface area contributed by atoms with Gasteiger partial charge in [-0.15, -0.1) is 0 Å². The Hall–Kier alpha value is -1.83. The van der Waals surface area contributed by atoms with Gasteiger partial charge in [-0.3, -0.25) is 9.48 Å². The van der Waals surface area contributed by atoms with Gasteiger partial charge in [0.1, 0.15) is 5.41 Å². The first-order valence-corrected chi connectivity index (χ1v) is 9.52. The number of fused-ring (bicyclic) bond motifs is 1. The minimum Gasteiger partial charge on any atom is -0.346 e. The molecule has 128 valence electrons. The van der Waals surface area contributed by atoms with Crippen LogP contribution in [0.1, 0.15) is 87.5 Å². The highest BCUT2D eigenvalue weighted by atomic mass is 16.2. The topological polar surface area (TPSA) is 70.7 Å². The molecule has 5 heteroatoms. The van der Waals surface area contributed by atoms with Gasteiger partial charge in [-0.05, 0) is 50.5 Å². The summed E-state index contributed by atoms with van der Waals surface area (Å²) in [5.41, 5.74) is 1.54. The fourth-order valence-corrected chi connectivity index (χ4v) is 4.72. The van der Waals surface area contributed by atoms with Crippen molar-refractivity contribution in [3.63, 3.8) is 0 Å². The number of rotatable bonds is 3. The molecule has 24 heavy (non-hydrogen) atoms. The van der Waals surface area contributed by atoms with Gasteiger partial charge in [0.15, 0.2) is 0 Å². The predicted molar refractivity (Wildman–Crippen MR) is 90.1 cm³/mol. The third-order valence-electron chi connectivity index (χ3n) is 6.22. The van der Waals surface area contributed by atoms with Crippen molar-refractivity contribution in [2.75, 3.05) is 0 Å². The highest BCUT2D eigenvalue weighted by Crippen LogP contribution is 2.39. The van der Waals surface area contributed by atoms with Crippen LogP contribution in [0.3, 0.4) is 0 Å². The van der Waals surface area contributed by atoms with E-state index < -0.39 is 5.41 Å². The number of hydrogen-bond donors (Lipinski definition) is 1. The summed E-state index contributed by atoms with van der Waals surface area (Å²) in [6.07, 6.45) is 13.6. The lowest BCUT2D eigenvalue weighted by atomic mass is 9.85.